The number of aliphatic hydroxyl groups excluding tert-OH is 1. The molecule has 15 heteroatoms. The van der Waals surface area contributed by atoms with Gasteiger partial charge in [0.15, 0.2) is 6.23 Å². The van der Waals surface area contributed by atoms with E-state index in [4.69, 9.17) is 24.8 Å². The fourth-order valence-electron chi connectivity index (χ4n) is 2.34. The quantitative estimate of drug-likeness (QED) is 0.197. The molecule has 138 valence electrons. The van der Waals surface area contributed by atoms with Crippen molar-refractivity contribution < 1.29 is 33.5 Å². The average molecular weight is 379 g/mol. The van der Waals surface area contributed by atoms with Gasteiger partial charge in [0, 0.05) is 24.3 Å². The van der Waals surface area contributed by atoms with Crippen molar-refractivity contribution >= 4 is 7.82 Å². The minimum Gasteiger partial charge on any atom is -0.388 e. The van der Waals surface area contributed by atoms with E-state index in [1.54, 1.807) is 0 Å². The number of H-pyrrole nitrogens is 1. The minimum absolute atomic E-state index is 0.692. The molecule has 1 aromatic heterocycles. The molecule has 0 radical (unpaired) electrons. The summed E-state index contributed by atoms with van der Waals surface area (Å²) in [6, 6.07) is -0.531. The van der Waals surface area contributed by atoms with E-state index >= 15 is 0 Å². The zero-order valence-corrected chi connectivity index (χ0v) is 13.5. The maximum absolute atomic E-state index is 11.9. The molecular weight excluding hydrogens is 365 g/mol. The van der Waals surface area contributed by atoms with Crippen molar-refractivity contribution in [2.24, 2.45) is 5.11 Å². The van der Waals surface area contributed by atoms with Crippen LogP contribution in [0.5, 0.6) is 0 Å². The highest BCUT2D eigenvalue weighted by molar-refractivity contribution is 7.46. The lowest BCUT2D eigenvalue weighted by Gasteiger charge is -2.30. The summed E-state index contributed by atoms with van der Waals surface area (Å²) in [6.45, 7) is -0.914. The first kappa shape index (κ1) is 19.3. The molecule has 1 fully saturated rings. The largest absolute Gasteiger partial charge is 0.469 e. The summed E-state index contributed by atoms with van der Waals surface area (Å²) in [5, 5.41) is 13.7. The van der Waals surface area contributed by atoms with Crippen molar-refractivity contribution in [3.05, 3.63) is 43.5 Å². The van der Waals surface area contributed by atoms with Gasteiger partial charge in [-0.3, -0.25) is 18.9 Å². The van der Waals surface area contributed by atoms with Crippen LogP contribution >= 0.6 is 7.82 Å². The molecule has 1 aliphatic rings. The molecule has 2 heterocycles. The summed E-state index contributed by atoms with van der Waals surface area (Å²) in [4.78, 5) is 45.2. The highest BCUT2D eigenvalue weighted by Gasteiger charge is 2.57. The van der Waals surface area contributed by atoms with Crippen molar-refractivity contribution in [3.63, 3.8) is 0 Å². The Balaban J connectivity index is 2.46. The number of hydrogen-bond acceptors (Lipinski definition) is 8. The number of aromatic nitrogens is 2. The maximum atomic E-state index is 11.9. The number of rotatable bonds is 6. The van der Waals surface area contributed by atoms with Gasteiger partial charge >= 0.3 is 13.5 Å². The Hall–Kier alpha value is -2.02. The normalized spacial score (nSPS) is 29.4. The van der Waals surface area contributed by atoms with Crippen LogP contribution in [0, 0.1) is 0 Å². The van der Waals surface area contributed by atoms with Gasteiger partial charge in [-0.25, -0.2) is 9.36 Å². The standard InChI is InChI=1S/C10H14N5O9P/c1-22-10(4-23-25(19,20)21)7(13-14-11)6(17)8(24-10)15-3-2-5(16)12-9(15)18/h2-3,6-8,17H,4H2,1H3,(H,12,16,18)(H2,19,20,21)/t6-,7?,8-,10-/m1/s1. The molecule has 14 nitrogen and oxygen atoms in total. The van der Waals surface area contributed by atoms with Gasteiger partial charge < -0.3 is 24.4 Å². The summed E-state index contributed by atoms with van der Waals surface area (Å²) in [5.41, 5.74) is 7.05. The van der Waals surface area contributed by atoms with Crippen molar-refractivity contribution in [1.29, 1.82) is 0 Å². The molecule has 0 amide bonds. The molecule has 0 saturated carbocycles. The number of ether oxygens (including phenoxy) is 2. The van der Waals surface area contributed by atoms with Crippen molar-refractivity contribution in [1.82, 2.24) is 9.55 Å². The predicted molar refractivity (Wildman–Crippen MR) is 78.1 cm³/mol. The van der Waals surface area contributed by atoms with Gasteiger partial charge in [0.05, 0.1) is 0 Å². The lowest BCUT2D eigenvalue weighted by molar-refractivity contribution is -0.246. The molecule has 4 N–H and O–H groups in total. The smallest absolute Gasteiger partial charge is 0.388 e. The second-order valence-electron chi connectivity index (χ2n) is 4.95. The first-order valence-electron chi connectivity index (χ1n) is 6.60. The van der Waals surface area contributed by atoms with Crippen LogP contribution in [0.25, 0.3) is 10.4 Å². The van der Waals surface area contributed by atoms with Gasteiger partial charge in [0.2, 0.25) is 5.79 Å². The number of phosphoric acid groups is 1. The van der Waals surface area contributed by atoms with Gasteiger partial charge in [-0.2, -0.15) is 0 Å². The summed E-state index contributed by atoms with van der Waals surface area (Å²) < 4.78 is 26.5. The lowest BCUT2D eigenvalue weighted by atomic mass is 10.1. The fraction of sp³-hybridized carbons (Fsp3) is 0.600. The Morgan fingerprint density at radius 3 is 2.76 bits per heavy atom. The highest BCUT2D eigenvalue weighted by atomic mass is 31.2. The zero-order chi connectivity index (χ0) is 18.8. The molecule has 1 aromatic rings. The van der Waals surface area contributed by atoms with E-state index in [1.807, 2.05) is 4.98 Å². The van der Waals surface area contributed by atoms with Crippen LogP contribution in [-0.2, 0) is 18.6 Å². The molecule has 2 rings (SSSR count). The zero-order valence-electron chi connectivity index (χ0n) is 12.6. The third-order valence-corrected chi connectivity index (χ3v) is 3.93. The molecular formula is C10H14N5O9P. The lowest BCUT2D eigenvalue weighted by Crippen LogP contribution is -2.47. The number of methoxy groups -OCH3 is 1. The number of nitrogens with zero attached hydrogens (tertiary/aromatic N) is 4. The summed E-state index contributed by atoms with van der Waals surface area (Å²) in [7, 11) is -3.88. The SMILES string of the molecule is CO[C@]1(COP(=O)(O)O)O[C@@H](n2ccc(=O)[nH]c2=O)[C@H](O)C1N=[N+]=[N-]. The Labute approximate surface area is 138 Å². The van der Waals surface area contributed by atoms with E-state index in [2.05, 4.69) is 14.5 Å². The van der Waals surface area contributed by atoms with Gasteiger partial charge in [0.25, 0.3) is 5.56 Å². The van der Waals surface area contributed by atoms with E-state index in [0.29, 0.717) is 0 Å². The molecule has 0 aromatic carbocycles. The predicted octanol–water partition coefficient (Wildman–Crippen LogP) is -1.44. The van der Waals surface area contributed by atoms with Crippen LogP contribution < -0.4 is 11.2 Å². The van der Waals surface area contributed by atoms with E-state index in [0.717, 1.165) is 23.9 Å². The van der Waals surface area contributed by atoms with E-state index in [-0.39, 0.29) is 0 Å². The first-order chi connectivity index (χ1) is 11.6. The highest BCUT2D eigenvalue weighted by Crippen LogP contribution is 2.44. The molecule has 0 bridgehead atoms. The number of aliphatic hydroxyl groups is 1. The summed E-state index contributed by atoms with van der Waals surface area (Å²) in [5.74, 6) is -2.09. The van der Waals surface area contributed by atoms with E-state index in [9.17, 15) is 19.3 Å². The molecule has 1 unspecified atom stereocenters. The summed E-state index contributed by atoms with van der Waals surface area (Å²) in [6.07, 6.45) is -2.11. The van der Waals surface area contributed by atoms with Crippen LogP contribution in [0.4, 0.5) is 0 Å². The second-order valence-corrected chi connectivity index (χ2v) is 6.19. The Morgan fingerprint density at radius 2 is 2.24 bits per heavy atom. The van der Waals surface area contributed by atoms with Crippen LogP contribution in [0.3, 0.4) is 0 Å². The topological polar surface area (TPSA) is 209 Å². The first-order valence-corrected chi connectivity index (χ1v) is 8.13. The van der Waals surface area contributed by atoms with Crippen LogP contribution in [-0.4, -0.2) is 56.1 Å². The van der Waals surface area contributed by atoms with Gasteiger partial charge in [-0.15, -0.1) is 0 Å². The average Bonchev–Trinajstić information content (AvgIpc) is 2.79. The van der Waals surface area contributed by atoms with Gasteiger partial charge in [-0.1, -0.05) is 5.11 Å². The number of nitrogens with one attached hydrogen (secondary N) is 1. The summed E-state index contributed by atoms with van der Waals surface area (Å²) >= 11 is 0. The van der Waals surface area contributed by atoms with Gasteiger partial charge in [0.1, 0.15) is 18.8 Å². The van der Waals surface area contributed by atoms with Crippen molar-refractivity contribution in [2.75, 3.05) is 13.7 Å². The van der Waals surface area contributed by atoms with Crippen molar-refractivity contribution in [2.45, 2.75) is 24.2 Å². The fourth-order valence-corrected chi connectivity index (χ4v) is 2.69. The van der Waals surface area contributed by atoms with Gasteiger partial charge in [-0.05, 0) is 5.53 Å². The van der Waals surface area contributed by atoms with Crippen LogP contribution in [0.2, 0.25) is 0 Å². The van der Waals surface area contributed by atoms with Crippen molar-refractivity contribution in [3.8, 4) is 0 Å². The molecule has 4 atom stereocenters. The molecule has 25 heavy (non-hydrogen) atoms. The Morgan fingerprint density at radius 1 is 1.56 bits per heavy atom. The van der Waals surface area contributed by atoms with Crippen LogP contribution in [0.15, 0.2) is 27.0 Å². The minimum atomic E-state index is -4.94. The number of phosphoric ester groups is 1. The third-order valence-electron chi connectivity index (χ3n) is 3.47. The maximum Gasteiger partial charge on any atom is 0.469 e. The number of aromatic amines is 1. The third kappa shape index (κ3) is 3.98. The van der Waals surface area contributed by atoms with E-state index in [1.165, 1.54) is 0 Å². The monoisotopic (exact) mass is 379 g/mol. The Bertz CT molecular complexity index is 842. The second kappa shape index (κ2) is 7.07. The molecule has 1 saturated heterocycles. The van der Waals surface area contributed by atoms with E-state index < -0.39 is 49.8 Å². The number of hydrogen-bond donors (Lipinski definition) is 4. The molecule has 0 spiro atoms. The number of azide groups is 1. The molecule has 0 aliphatic carbocycles. The van der Waals surface area contributed by atoms with Crippen LogP contribution in [0.1, 0.15) is 6.23 Å². The Kier molecular flexibility index (Phi) is 5.46. The molecule has 1 aliphatic heterocycles.